The first-order valence-electron chi connectivity index (χ1n) is 12.1. The number of carbonyl (C=O) groups is 1. The molecule has 0 unspecified atom stereocenters. The molecule has 1 amide bonds. The number of rotatable bonds is 6. The van der Waals surface area contributed by atoms with Crippen LogP contribution < -0.4 is 5.56 Å². The lowest BCUT2D eigenvalue weighted by Gasteiger charge is -2.32. The monoisotopic (exact) mass is 510 g/mol. The third-order valence-corrected chi connectivity index (χ3v) is 9.12. The zero-order valence-electron chi connectivity index (χ0n) is 19.9. The minimum Gasteiger partial charge on any atom is -0.337 e. The maximum absolute atomic E-state index is 13.6. The number of benzene rings is 1. The SMILES string of the molecule is CCCCn1c(C(=O)N2CCC(S(=O)(=O)c3ccc(F)cc3)CC2)cc2c(=O)n3ccccc3nc21. The van der Waals surface area contributed by atoms with Crippen LogP contribution >= 0.6 is 0 Å². The first kappa shape index (κ1) is 24.2. The fourth-order valence-corrected chi connectivity index (χ4v) is 6.55. The standard InChI is InChI=1S/C26H27FN4O4S/c1-2-3-13-30-22(17-21-24(30)28-23-6-4-5-14-31(23)25(21)32)26(33)29-15-11-20(12-16-29)36(34,35)19-9-7-18(27)8-10-19/h4-10,14,17,20H,2-3,11-13,15-16H2,1H3. The lowest BCUT2D eigenvalue weighted by atomic mass is 10.1. The highest BCUT2D eigenvalue weighted by molar-refractivity contribution is 7.92. The Morgan fingerprint density at radius 1 is 1.11 bits per heavy atom. The molecular weight excluding hydrogens is 483 g/mol. The molecule has 0 atom stereocenters. The lowest BCUT2D eigenvalue weighted by molar-refractivity contribution is 0.0715. The number of likely N-dealkylation sites (tertiary alicyclic amines) is 1. The molecule has 8 nitrogen and oxygen atoms in total. The third kappa shape index (κ3) is 4.19. The number of pyridine rings is 1. The average molecular weight is 511 g/mol. The predicted octanol–water partition coefficient (Wildman–Crippen LogP) is 3.67. The molecule has 0 saturated carbocycles. The number of sulfone groups is 1. The molecule has 188 valence electrons. The van der Waals surface area contributed by atoms with E-state index >= 15 is 0 Å². The van der Waals surface area contributed by atoms with Gasteiger partial charge in [-0.15, -0.1) is 0 Å². The van der Waals surface area contributed by atoms with E-state index in [0.29, 0.717) is 28.9 Å². The highest BCUT2D eigenvalue weighted by Gasteiger charge is 2.34. The van der Waals surface area contributed by atoms with Gasteiger partial charge in [-0.05, 0) is 61.7 Å². The number of aromatic nitrogens is 3. The first-order chi connectivity index (χ1) is 17.3. The maximum atomic E-state index is 13.6. The Bertz CT molecular complexity index is 1600. The molecular formula is C26H27FN4O4S. The highest BCUT2D eigenvalue weighted by Crippen LogP contribution is 2.27. The van der Waals surface area contributed by atoms with Crippen LogP contribution in [0.5, 0.6) is 0 Å². The molecule has 0 bridgehead atoms. The van der Waals surface area contributed by atoms with Crippen LogP contribution in [0.4, 0.5) is 4.39 Å². The van der Waals surface area contributed by atoms with E-state index < -0.39 is 20.9 Å². The molecule has 1 saturated heterocycles. The van der Waals surface area contributed by atoms with Crippen LogP contribution in [-0.2, 0) is 16.4 Å². The molecule has 1 fully saturated rings. The summed E-state index contributed by atoms with van der Waals surface area (Å²) in [7, 11) is -3.63. The van der Waals surface area contributed by atoms with Crippen LogP contribution in [0.1, 0.15) is 43.1 Å². The van der Waals surface area contributed by atoms with Crippen molar-refractivity contribution in [1.82, 2.24) is 18.9 Å². The van der Waals surface area contributed by atoms with Gasteiger partial charge in [0.2, 0.25) is 0 Å². The Morgan fingerprint density at radius 2 is 1.83 bits per heavy atom. The molecule has 4 heterocycles. The van der Waals surface area contributed by atoms with E-state index in [1.807, 2.05) is 10.6 Å². The zero-order valence-corrected chi connectivity index (χ0v) is 20.7. The van der Waals surface area contributed by atoms with Crippen molar-refractivity contribution < 1.29 is 17.6 Å². The number of carbonyl (C=O) groups excluding carboxylic acids is 1. The van der Waals surface area contributed by atoms with Crippen molar-refractivity contribution >= 4 is 32.4 Å². The quantitative estimate of drug-likeness (QED) is 0.369. The molecule has 5 rings (SSSR count). The summed E-state index contributed by atoms with van der Waals surface area (Å²) >= 11 is 0. The molecule has 10 heteroatoms. The minimum absolute atomic E-state index is 0.0898. The van der Waals surface area contributed by atoms with Gasteiger partial charge in [0.1, 0.15) is 22.8 Å². The van der Waals surface area contributed by atoms with Gasteiger partial charge in [0.15, 0.2) is 9.84 Å². The first-order valence-corrected chi connectivity index (χ1v) is 13.6. The van der Waals surface area contributed by atoms with Gasteiger partial charge in [0.05, 0.1) is 15.5 Å². The van der Waals surface area contributed by atoms with E-state index in [1.54, 1.807) is 29.3 Å². The number of piperidine rings is 1. The summed E-state index contributed by atoms with van der Waals surface area (Å²) in [5.74, 6) is -0.731. The number of amides is 1. The molecule has 1 aliphatic rings. The topological polar surface area (TPSA) is 93.8 Å². The minimum atomic E-state index is -3.63. The van der Waals surface area contributed by atoms with Crippen molar-refractivity contribution in [2.24, 2.45) is 0 Å². The molecule has 0 radical (unpaired) electrons. The van der Waals surface area contributed by atoms with Crippen molar-refractivity contribution in [3.05, 3.63) is 76.6 Å². The van der Waals surface area contributed by atoms with E-state index in [1.165, 1.54) is 16.5 Å². The largest absolute Gasteiger partial charge is 0.337 e. The Morgan fingerprint density at radius 3 is 2.53 bits per heavy atom. The van der Waals surface area contributed by atoms with E-state index in [-0.39, 0.29) is 42.3 Å². The summed E-state index contributed by atoms with van der Waals surface area (Å²) in [6.07, 6.45) is 3.95. The van der Waals surface area contributed by atoms with Crippen molar-refractivity contribution in [1.29, 1.82) is 0 Å². The van der Waals surface area contributed by atoms with Crippen LogP contribution in [0.15, 0.2) is 64.4 Å². The van der Waals surface area contributed by atoms with Crippen LogP contribution in [0.2, 0.25) is 0 Å². The van der Waals surface area contributed by atoms with Gasteiger partial charge in [-0.25, -0.2) is 17.8 Å². The van der Waals surface area contributed by atoms with E-state index in [9.17, 15) is 22.4 Å². The number of hydrogen-bond acceptors (Lipinski definition) is 5. The van der Waals surface area contributed by atoms with Crippen molar-refractivity contribution in [2.45, 2.75) is 49.3 Å². The van der Waals surface area contributed by atoms with E-state index in [2.05, 4.69) is 11.9 Å². The second kappa shape index (κ2) is 9.50. The molecule has 0 N–H and O–H groups in total. The number of halogens is 1. The number of unbranched alkanes of at least 4 members (excludes halogenated alkanes) is 1. The zero-order chi connectivity index (χ0) is 25.4. The molecule has 1 aliphatic heterocycles. The average Bonchev–Trinajstić information content (AvgIpc) is 3.26. The maximum Gasteiger partial charge on any atom is 0.270 e. The summed E-state index contributed by atoms with van der Waals surface area (Å²) in [6, 6.07) is 11.8. The molecule has 1 aromatic carbocycles. The van der Waals surface area contributed by atoms with Gasteiger partial charge < -0.3 is 9.47 Å². The predicted molar refractivity (Wildman–Crippen MR) is 134 cm³/mol. The van der Waals surface area contributed by atoms with Gasteiger partial charge in [-0.3, -0.25) is 14.0 Å². The van der Waals surface area contributed by atoms with Gasteiger partial charge in [0, 0.05) is 25.8 Å². The third-order valence-electron chi connectivity index (χ3n) is 6.84. The molecule has 36 heavy (non-hydrogen) atoms. The van der Waals surface area contributed by atoms with Gasteiger partial charge in [-0.1, -0.05) is 19.4 Å². The van der Waals surface area contributed by atoms with Crippen molar-refractivity contribution in [2.75, 3.05) is 13.1 Å². The Hall–Kier alpha value is -3.53. The summed E-state index contributed by atoms with van der Waals surface area (Å²) in [5, 5.41) is -0.263. The summed E-state index contributed by atoms with van der Waals surface area (Å²) in [4.78, 5) is 33.1. The molecule has 3 aromatic heterocycles. The van der Waals surface area contributed by atoms with Crippen LogP contribution in [0.3, 0.4) is 0 Å². The fraction of sp³-hybridized carbons (Fsp3) is 0.346. The fourth-order valence-electron chi connectivity index (χ4n) is 4.82. The van der Waals surface area contributed by atoms with Crippen LogP contribution in [-0.4, -0.2) is 51.5 Å². The second-order valence-electron chi connectivity index (χ2n) is 9.11. The normalized spacial score (nSPS) is 15.1. The smallest absolute Gasteiger partial charge is 0.270 e. The second-order valence-corrected chi connectivity index (χ2v) is 11.3. The molecule has 4 aromatic rings. The van der Waals surface area contributed by atoms with E-state index in [0.717, 1.165) is 25.0 Å². The Labute approximate surface area is 207 Å². The van der Waals surface area contributed by atoms with Gasteiger partial charge in [0.25, 0.3) is 11.5 Å². The van der Waals surface area contributed by atoms with Crippen molar-refractivity contribution in [3.8, 4) is 0 Å². The number of nitrogens with zero attached hydrogens (tertiary/aromatic N) is 4. The van der Waals surface area contributed by atoms with Crippen LogP contribution in [0.25, 0.3) is 16.7 Å². The van der Waals surface area contributed by atoms with Crippen LogP contribution in [0, 0.1) is 5.82 Å². The molecule has 0 aliphatic carbocycles. The molecule has 0 spiro atoms. The number of fused-ring (bicyclic) bond motifs is 2. The highest BCUT2D eigenvalue weighted by atomic mass is 32.2. The van der Waals surface area contributed by atoms with E-state index in [4.69, 9.17) is 0 Å². The summed E-state index contributed by atoms with van der Waals surface area (Å²) in [5.41, 5.74) is 1.15. The number of aryl methyl sites for hydroxylation is 1. The number of hydrogen-bond donors (Lipinski definition) is 0. The Balaban J connectivity index is 1.44. The Kier molecular flexibility index (Phi) is 6.38. The van der Waals surface area contributed by atoms with Crippen molar-refractivity contribution in [3.63, 3.8) is 0 Å². The summed E-state index contributed by atoms with van der Waals surface area (Å²) in [6.45, 7) is 3.14. The van der Waals surface area contributed by atoms with Gasteiger partial charge >= 0.3 is 0 Å². The summed E-state index contributed by atoms with van der Waals surface area (Å²) < 4.78 is 42.6. The van der Waals surface area contributed by atoms with Gasteiger partial charge in [-0.2, -0.15) is 0 Å². The lowest BCUT2D eigenvalue weighted by Crippen LogP contribution is -2.43.